The van der Waals surface area contributed by atoms with Crippen molar-refractivity contribution in [2.45, 2.75) is 11.8 Å². The van der Waals surface area contributed by atoms with Gasteiger partial charge in [0.05, 0.1) is 4.90 Å². The van der Waals surface area contributed by atoms with Crippen LogP contribution in [0.5, 0.6) is 0 Å². The van der Waals surface area contributed by atoms with Crippen LogP contribution in [0.15, 0.2) is 53.4 Å². The zero-order valence-corrected chi connectivity index (χ0v) is 9.70. The number of benzene rings is 2. The summed E-state index contributed by atoms with van der Waals surface area (Å²) < 4.78 is 19.9. The third kappa shape index (κ3) is 2.21. The van der Waals surface area contributed by atoms with Gasteiger partial charge in [0, 0.05) is 0 Å². The lowest BCUT2D eigenvalue weighted by molar-refractivity contribution is 0.564. The van der Waals surface area contributed by atoms with E-state index in [1.54, 1.807) is 12.1 Å². The van der Waals surface area contributed by atoms with Gasteiger partial charge in [-0.25, -0.2) is 4.21 Å². The number of hydrogen-bond donors (Lipinski definition) is 1. The van der Waals surface area contributed by atoms with Gasteiger partial charge in [-0.3, -0.25) is 0 Å². The van der Waals surface area contributed by atoms with Crippen LogP contribution < -0.4 is 0 Å². The van der Waals surface area contributed by atoms with Gasteiger partial charge in [-0.15, -0.1) is 0 Å². The van der Waals surface area contributed by atoms with Crippen LogP contribution in [0, 0.1) is 6.92 Å². The molecule has 0 radical (unpaired) electrons. The minimum absolute atomic E-state index is 0.442. The summed E-state index contributed by atoms with van der Waals surface area (Å²) in [4.78, 5) is 0.442. The summed E-state index contributed by atoms with van der Waals surface area (Å²) in [6.45, 7) is 1.94. The molecule has 0 saturated carbocycles. The lowest BCUT2D eigenvalue weighted by atomic mass is 10.0. The lowest BCUT2D eigenvalue weighted by Gasteiger charge is -2.06. The fourth-order valence-electron chi connectivity index (χ4n) is 1.69. The highest BCUT2D eigenvalue weighted by molar-refractivity contribution is 7.79. The zero-order chi connectivity index (χ0) is 11.5. The average molecular weight is 232 g/mol. The van der Waals surface area contributed by atoms with Crippen LogP contribution >= 0.6 is 0 Å². The molecule has 0 saturated heterocycles. The largest absolute Gasteiger partial charge is 0.302 e. The summed E-state index contributed by atoms with van der Waals surface area (Å²) in [5, 5.41) is 0. The molecule has 3 heteroatoms. The van der Waals surface area contributed by atoms with Gasteiger partial charge in [0.2, 0.25) is 0 Å². The molecule has 0 aliphatic rings. The van der Waals surface area contributed by atoms with Crippen molar-refractivity contribution in [3.63, 3.8) is 0 Å². The topological polar surface area (TPSA) is 37.3 Å². The van der Waals surface area contributed by atoms with Crippen molar-refractivity contribution >= 4 is 11.1 Å². The molecular weight excluding hydrogens is 220 g/mol. The van der Waals surface area contributed by atoms with E-state index in [0.29, 0.717) is 4.90 Å². The Kier molecular flexibility index (Phi) is 3.17. The highest BCUT2D eigenvalue weighted by Crippen LogP contribution is 2.24. The van der Waals surface area contributed by atoms with E-state index in [9.17, 15) is 4.21 Å². The summed E-state index contributed by atoms with van der Waals surface area (Å²) >= 11 is -1.90. The molecule has 0 aliphatic carbocycles. The van der Waals surface area contributed by atoms with Gasteiger partial charge in [-0.05, 0) is 35.7 Å². The number of hydrogen-bond acceptors (Lipinski definition) is 1. The van der Waals surface area contributed by atoms with E-state index in [1.807, 2.05) is 43.3 Å². The van der Waals surface area contributed by atoms with Crippen molar-refractivity contribution in [2.24, 2.45) is 0 Å². The Morgan fingerprint density at radius 1 is 1.06 bits per heavy atom. The monoisotopic (exact) mass is 232 g/mol. The van der Waals surface area contributed by atoms with Crippen LogP contribution in [0.4, 0.5) is 0 Å². The van der Waals surface area contributed by atoms with Crippen LogP contribution in [0.1, 0.15) is 5.56 Å². The molecule has 1 N–H and O–H groups in total. The highest BCUT2D eigenvalue weighted by atomic mass is 32.2. The molecule has 82 valence electrons. The van der Waals surface area contributed by atoms with Crippen LogP contribution in [0.25, 0.3) is 11.1 Å². The Morgan fingerprint density at radius 3 is 2.31 bits per heavy atom. The van der Waals surface area contributed by atoms with Gasteiger partial charge < -0.3 is 4.55 Å². The Bertz CT molecular complexity index is 521. The molecule has 2 nitrogen and oxygen atoms in total. The van der Waals surface area contributed by atoms with E-state index >= 15 is 0 Å². The lowest BCUT2D eigenvalue weighted by Crippen LogP contribution is -1.90. The molecule has 1 atom stereocenters. The molecule has 2 aromatic rings. The van der Waals surface area contributed by atoms with E-state index < -0.39 is 11.1 Å². The van der Waals surface area contributed by atoms with Crippen LogP contribution in [-0.4, -0.2) is 8.76 Å². The number of aryl methyl sites for hydroxylation is 1. The third-order valence-corrected chi connectivity index (χ3v) is 3.14. The summed E-state index contributed by atoms with van der Waals surface area (Å²) in [6.07, 6.45) is 0. The molecule has 0 heterocycles. The minimum atomic E-state index is -1.90. The van der Waals surface area contributed by atoms with E-state index in [4.69, 9.17) is 4.55 Å². The summed E-state index contributed by atoms with van der Waals surface area (Å²) in [6, 6.07) is 15.3. The molecule has 2 rings (SSSR count). The maximum atomic E-state index is 10.9. The molecule has 0 amide bonds. The third-order valence-electron chi connectivity index (χ3n) is 2.48. The van der Waals surface area contributed by atoms with E-state index in [-0.39, 0.29) is 0 Å². The predicted octanol–water partition coefficient (Wildman–Crippen LogP) is 3.24. The van der Waals surface area contributed by atoms with Gasteiger partial charge in [-0.1, -0.05) is 36.4 Å². The first-order chi connectivity index (χ1) is 7.68. The highest BCUT2D eigenvalue weighted by Gasteiger charge is 2.05. The molecular formula is C13H12O2S. The van der Waals surface area contributed by atoms with Crippen LogP contribution in [-0.2, 0) is 11.1 Å². The predicted molar refractivity (Wildman–Crippen MR) is 65.7 cm³/mol. The van der Waals surface area contributed by atoms with Gasteiger partial charge in [-0.2, -0.15) is 0 Å². The van der Waals surface area contributed by atoms with E-state index in [1.165, 1.54) is 0 Å². The second kappa shape index (κ2) is 4.60. The first-order valence-electron chi connectivity index (χ1n) is 4.95. The van der Waals surface area contributed by atoms with Crippen molar-refractivity contribution < 1.29 is 8.76 Å². The maximum Gasteiger partial charge on any atom is 0.186 e. The second-order valence-corrected chi connectivity index (χ2v) is 4.56. The van der Waals surface area contributed by atoms with Crippen molar-refractivity contribution in [2.75, 3.05) is 0 Å². The summed E-state index contributed by atoms with van der Waals surface area (Å²) in [5.41, 5.74) is 3.22. The molecule has 0 aliphatic heterocycles. The molecule has 0 bridgehead atoms. The first kappa shape index (κ1) is 11.0. The van der Waals surface area contributed by atoms with E-state index in [2.05, 4.69) is 0 Å². The molecule has 2 aromatic carbocycles. The molecule has 1 unspecified atom stereocenters. The van der Waals surface area contributed by atoms with Crippen molar-refractivity contribution in [3.05, 3.63) is 54.1 Å². The SMILES string of the molecule is Cc1cc(S(=O)O)ccc1-c1ccccc1. The molecule has 16 heavy (non-hydrogen) atoms. The second-order valence-electron chi connectivity index (χ2n) is 3.59. The summed E-state index contributed by atoms with van der Waals surface area (Å²) in [5.74, 6) is 0. The fraction of sp³-hybridized carbons (Fsp3) is 0.0769. The van der Waals surface area contributed by atoms with Crippen molar-refractivity contribution in [1.29, 1.82) is 0 Å². The average Bonchev–Trinajstić information content (AvgIpc) is 2.30. The fourth-order valence-corrected chi connectivity index (χ4v) is 2.15. The van der Waals surface area contributed by atoms with Crippen molar-refractivity contribution in [1.82, 2.24) is 0 Å². The Balaban J connectivity index is 2.48. The Labute approximate surface area is 97.2 Å². The summed E-state index contributed by atoms with van der Waals surface area (Å²) in [7, 11) is 0. The van der Waals surface area contributed by atoms with Gasteiger partial charge >= 0.3 is 0 Å². The number of rotatable bonds is 2. The maximum absolute atomic E-state index is 10.9. The van der Waals surface area contributed by atoms with Gasteiger partial charge in [0.1, 0.15) is 0 Å². The van der Waals surface area contributed by atoms with Crippen LogP contribution in [0.2, 0.25) is 0 Å². The minimum Gasteiger partial charge on any atom is -0.302 e. The molecule has 0 fully saturated rings. The Hall–Kier alpha value is -1.45. The zero-order valence-electron chi connectivity index (χ0n) is 8.88. The Morgan fingerprint density at radius 2 is 1.75 bits per heavy atom. The van der Waals surface area contributed by atoms with Gasteiger partial charge in [0.15, 0.2) is 11.1 Å². The quantitative estimate of drug-likeness (QED) is 0.807. The molecule has 0 spiro atoms. The normalized spacial score (nSPS) is 12.4. The van der Waals surface area contributed by atoms with Gasteiger partial charge in [0.25, 0.3) is 0 Å². The van der Waals surface area contributed by atoms with Crippen molar-refractivity contribution in [3.8, 4) is 11.1 Å². The van der Waals surface area contributed by atoms with E-state index in [0.717, 1.165) is 16.7 Å². The first-order valence-corrected chi connectivity index (χ1v) is 6.06. The standard InChI is InChI=1S/C13H12O2S/c1-10-9-12(16(14)15)7-8-13(10)11-5-3-2-4-6-11/h2-9H,1H3,(H,14,15). The molecule has 0 aromatic heterocycles. The smallest absolute Gasteiger partial charge is 0.186 e. The van der Waals surface area contributed by atoms with Crippen LogP contribution in [0.3, 0.4) is 0 Å².